The van der Waals surface area contributed by atoms with Gasteiger partial charge < -0.3 is 9.64 Å². The van der Waals surface area contributed by atoms with E-state index in [1.165, 1.54) is 63.2 Å². The second-order valence-electron chi connectivity index (χ2n) is 15.2. The molecular formula is C54H35NOS2Si. The lowest BCUT2D eigenvalue weighted by molar-refractivity contribution is 0.457. The number of ether oxygens (including phenoxy) is 1. The van der Waals surface area contributed by atoms with E-state index in [-0.39, 0.29) is 0 Å². The molecule has 12 rings (SSSR count). The number of hydrogen-bond acceptors (Lipinski definition) is 4. The third-order valence-corrected chi connectivity index (χ3v) is 19.1. The molecule has 0 saturated heterocycles. The molecule has 0 spiro atoms. The summed E-state index contributed by atoms with van der Waals surface area (Å²) in [6.45, 7) is 0. The Hall–Kier alpha value is -6.63. The lowest BCUT2D eigenvalue weighted by Gasteiger charge is -2.32. The molecule has 0 fully saturated rings. The molecule has 0 N–H and O–H groups in total. The van der Waals surface area contributed by atoms with Gasteiger partial charge in [0.15, 0.2) is 8.07 Å². The smallest absolute Gasteiger partial charge is 0.181 e. The molecule has 0 bridgehead atoms. The Balaban J connectivity index is 1.07. The van der Waals surface area contributed by atoms with E-state index in [9.17, 15) is 0 Å². The number of nitrogens with zero attached hydrogens (tertiary/aromatic N) is 1. The van der Waals surface area contributed by atoms with Crippen molar-refractivity contribution in [3.8, 4) is 33.8 Å². The number of anilines is 3. The van der Waals surface area contributed by atoms with Gasteiger partial charge in [0.1, 0.15) is 11.5 Å². The Bertz CT molecular complexity index is 3180. The summed E-state index contributed by atoms with van der Waals surface area (Å²) in [6.07, 6.45) is 0. The molecule has 9 aromatic carbocycles. The highest BCUT2D eigenvalue weighted by Gasteiger charge is 2.50. The molecular weight excluding hydrogens is 771 g/mol. The molecule has 10 aromatic rings. The molecule has 1 aromatic heterocycles. The van der Waals surface area contributed by atoms with E-state index in [1.807, 2.05) is 23.1 Å². The number of rotatable bonds is 6. The minimum Gasteiger partial charge on any atom is -0.454 e. The van der Waals surface area contributed by atoms with Gasteiger partial charge in [-0.3, -0.25) is 0 Å². The van der Waals surface area contributed by atoms with E-state index in [0.29, 0.717) is 0 Å². The van der Waals surface area contributed by atoms with Gasteiger partial charge in [-0.05, 0) is 98.1 Å². The summed E-state index contributed by atoms with van der Waals surface area (Å²) in [5, 5.41) is 8.13. The first-order valence-electron chi connectivity index (χ1n) is 20.0. The molecule has 2 aliphatic rings. The Kier molecular flexibility index (Phi) is 8.02. The molecule has 278 valence electrons. The van der Waals surface area contributed by atoms with E-state index < -0.39 is 8.07 Å². The number of thiophene rings is 1. The average molecular weight is 806 g/mol. The summed E-state index contributed by atoms with van der Waals surface area (Å²) < 4.78 is 9.50. The molecule has 3 heterocycles. The van der Waals surface area contributed by atoms with Crippen LogP contribution in [0.3, 0.4) is 0 Å². The molecule has 2 nitrogen and oxygen atoms in total. The van der Waals surface area contributed by atoms with Gasteiger partial charge >= 0.3 is 0 Å². The molecule has 2 aliphatic heterocycles. The minimum atomic E-state index is -2.87. The van der Waals surface area contributed by atoms with Crippen molar-refractivity contribution in [1.82, 2.24) is 0 Å². The molecule has 5 heteroatoms. The average Bonchev–Trinajstić information content (AvgIpc) is 3.83. The van der Waals surface area contributed by atoms with Crippen molar-refractivity contribution in [1.29, 1.82) is 0 Å². The highest BCUT2D eigenvalue weighted by atomic mass is 32.2. The van der Waals surface area contributed by atoms with Crippen LogP contribution in [0, 0.1) is 0 Å². The maximum absolute atomic E-state index is 6.92. The normalized spacial score (nSPS) is 14.9. The quantitative estimate of drug-likeness (QED) is 0.155. The molecule has 0 aliphatic carbocycles. The van der Waals surface area contributed by atoms with Crippen LogP contribution in [0.2, 0.25) is 0 Å². The summed E-state index contributed by atoms with van der Waals surface area (Å²) in [4.78, 5) is 4.67. The number of hydrogen-bond donors (Lipinski definition) is 0. The molecule has 0 radical (unpaired) electrons. The molecule has 59 heavy (non-hydrogen) atoms. The number of fused-ring (bicyclic) bond motifs is 9. The zero-order valence-electron chi connectivity index (χ0n) is 31.9. The SMILES string of the molecule is c1ccc(-c2ccc([Si]3(c4ccc5c(c4)sc4cc(N(c6ccccc6)c6ccccc6)ccc45)c4ccccc4-c4c3ccc3c4Oc4ccccc4S3)cc2)cc1. The van der Waals surface area contributed by atoms with Gasteiger partial charge in [-0.2, -0.15) is 0 Å². The van der Waals surface area contributed by atoms with Gasteiger partial charge in [0, 0.05) is 42.8 Å². The topological polar surface area (TPSA) is 12.5 Å². The van der Waals surface area contributed by atoms with Crippen LogP contribution in [0.15, 0.2) is 222 Å². The van der Waals surface area contributed by atoms with E-state index in [0.717, 1.165) is 38.4 Å². The Labute approximate surface area is 352 Å². The Morgan fingerprint density at radius 2 is 1.03 bits per heavy atom. The largest absolute Gasteiger partial charge is 0.454 e. The van der Waals surface area contributed by atoms with Crippen LogP contribution >= 0.6 is 23.1 Å². The molecule has 1 unspecified atom stereocenters. The summed E-state index contributed by atoms with van der Waals surface area (Å²) in [7, 11) is -2.87. The van der Waals surface area contributed by atoms with Gasteiger partial charge in [-0.15, -0.1) is 11.3 Å². The van der Waals surface area contributed by atoms with Crippen molar-refractivity contribution in [2.45, 2.75) is 9.79 Å². The van der Waals surface area contributed by atoms with Gasteiger partial charge in [-0.25, -0.2) is 0 Å². The summed E-state index contributed by atoms with van der Waals surface area (Å²) >= 11 is 3.70. The first-order valence-corrected chi connectivity index (χ1v) is 23.6. The highest BCUT2D eigenvalue weighted by molar-refractivity contribution is 7.99. The first-order chi connectivity index (χ1) is 29.2. The second kappa shape index (κ2) is 13.7. The fourth-order valence-electron chi connectivity index (χ4n) is 9.42. The van der Waals surface area contributed by atoms with Crippen molar-refractivity contribution < 1.29 is 4.74 Å². The molecule has 1 atom stereocenters. The monoisotopic (exact) mass is 805 g/mol. The van der Waals surface area contributed by atoms with Crippen LogP contribution in [0.5, 0.6) is 11.5 Å². The fraction of sp³-hybridized carbons (Fsp3) is 0. The summed E-state index contributed by atoms with van der Waals surface area (Å²) in [5.74, 6) is 1.90. The standard InChI is InChI=1S/C54H35NOS2Si/c1-4-14-36(15-5-1)37-24-27-41(28-25-37)59(51-23-13-10-20-45(51)53-52(59)33-32-48-54(53)56-46-21-11-12-22-47(46)57-48)42-29-31-44-43-30-26-40(34-49(43)58-50(44)35-42)55(38-16-6-2-7-17-38)39-18-8-3-9-19-39/h1-35H. The van der Waals surface area contributed by atoms with Crippen LogP contribution in [-0.2, 0) is 0 Å². The molecule has 0 saturated carbocycles. The third kappa shape index (κ3) is 5.39. The van der Waals surface area contributed by atoms with E-state index >= 15 is 0 Å². The lowest BCUT2D eigenvalue weighted by atomic mass is 10.0. The van der Waals surface area contributed by atoms with Crippen LogP contribution < -0.4 is 30.4 Å². The van der Waals surface area contributed by atoms with E-state index in [4.69, 9.17) is 4.74 Å². The predicted octanol–water partition coefficient (Wildman–Crippen LogP) is 12.8. The van der Waals surface area contributed by atoms with E-state index in [2.05, 4.69) is 217 Å². The zero-order chi connectivity index (χ0) is 38.9. The second-order valence-corrected chi connectivity index (χ2v) is 21.1. The van der Waals surface area contributed by atoms with Crippen LogP contribution in [0.1, 0.15) is 0 Å². The predicted molar refractivity (Wildman–Crippen MR) is 253 cm³/mol. The van der Waals surface area contributed by atoms with Crippen LogP contribution in [0.4, 0.5) is 17.1 Å². The Morgan fingerprint density at radius 1 is 0.424 bits per heavy atom. The van der Waals surface area contributed by atoms with Gasteiger partial charge in [-0.1, -0.05) is 163 Å². The minimum absolute atomic E-state index is 0.923. The maximum Gasteiger partial charge on any atom is 0.181 e. The van der Waals surface area contributed by atoms with Crippen molar-refractivity contribution in [3.63, 3.8) is 0 Å². The van der Waals surface area contributed by atoms with Gasteiger partial charge in [0.2, 0.25) is 0 Å². The molecule has 0 amide bonds. The van der Waals surface area contributed by atoms with Crippen LogP contribution in [-0.4, -0.2) is 8.07 Å². The van der Waals surface area contributed by atoms with Crippen molar-refractivity contribution in [3.05, 3.63) is 212 Å². The first kappa shape index (κ1) is 34.4. The Morgan fingerprint density at radius 3 is 1.80 bits per heavy atom. The van der Waals surface area contributed by atoms with Crippen molar-refractivity contribution in [2.75, 3.05) is 4.90 Å². The van der Waals surface area contributed by atoms with Gasteiger partial charge in [0.25, 0.3) is 0 Å². The third-order valence-electron chi connectivity index (χ3n) is 12.0. The zero-order valence-corrected chi connectivity index (χ0v) is 34.5. The fourth-order valence-corrected chi connectivity index (χ4v) is 16.8. The number of benzene rings is 9. The van der Waals surface area contributed by atoms with Gasteiger partial charge in [0.05, 0.1) is 9.79 Å². The van der Waals surface area contributed by atoms with Crippen LogP contribution in [0.25, 0.3) is 42.4 Å². The summed E-state index contributed by atoms with van der Waals surface area (Å²) in [6, 6.07) is 78.1. The van der Waals surface area contributed by atoms with Crippen molar-refractivity contribution in [2.24, 2.45) is 0 Å². The van der Waals surface area contributed by atoms with Crippen molar-refractivity contribution >= 4 is 89.2 Å². The maximum atomic E-state index is 6.92. The number of para-hydroxylation sites is 3. The summed E-state index contributed by atoms with van der Waals surface area (Å²) in [5.41, 5.74) is 8.39. The lowest BCUT2D eigenvalue weighted by Crippen LogP contribution is -2.72. The highest BCUT2D eigenvalue weighted by Crippen LogP contribution is 2.51. The van der Waals surface area contributed by atoms with E-state index in [1.54, 1.807) is 0 Å².